The third-order valence-corrected chi connectivity index (χ3v) is 5.07. The Kier molecular flexibility index (Phi) is 4.87. The van der Waals surface area contributed by atoms with Gasteiger partial charge in [0.1, 0.15) is 22.3 Å². The average Bonchev–Trinajstić information content (AvgIpc) is 2.44. The monoisotopic (exact) mass is 329 g/mol. The van der Waals surface area contributed by atoms with Gasteiger partial charge in [-0.3, -0.25) is 0 Å². The Morgan fingerprint density at radius 3 is 2.27 bits per heavy atom. The Morgan fingerprint density at radius 1 is 1.00 bits per heavy atom. The van der Waals surface area contributed by atoms with E-state index in [9.17, 15) is 21.6 Å². The normalized spacial score (nSPS) is 11.9. The third kappa shape index (κ3) is 3.48. The summed E-state index contributed by atoms with van der Waals surface area (Å²) in [6.07, 6.45) is 0. The Morgan fingerprint density at radius 2 is 1.68 bits per heavy atom. The van der Waals surface area contributed by atoms with Crippen LogP contribution in [-0.4, -0.2) is 19.3 Å². The molecule has 0 aliphatic carbocycles. The van der Waals surface area contributed by atoms with E-state index in [0.717, 1.165) is 16.4 Å². The van der Waals surface area contributed by atoms with Crippen LogP contribution >= 0.6 is 0 Å². The largest absolute Gasteiger partial charge is 0.246 e. The summed E-state index contributed by atoms with van der Waals surface area (Å²) in [4.78, 5) is -0.604. The molecule has 2 aromatic carbocycles. The molecule has 0 heterocycles. The van der Waals surface area contributed by atoms with Crippen molar-refractivity contribution in [2.24, 2.45) is 0 Å². The molecule has 0 saturated carbocycles. The average molecular weight is 329 g/mol. The van der Waals surface area contributed by atoms with Crippen LogP contribution in [0.2, 0.25) is 0 Å². The number of benzene rings is 2. The molecule has 0 aliphatic heterocycles. The van der Waals surface area contributed by atoms with Crippen LogP contribution in [0.5, 0.6) is 0 Å². The van der Waals surface area contributed by atoms with Crippen molar-refractivity contribution in [1.29, 1.82) is 0 Å². The molecule has 0 atom stereocenters. The lowest BCUT2D eigenvalue weighted by atomic mass is 10.2. The summed E-state index contributed by atoms with van der Waals surface area (Å²) in [7, 11) is -4.14. The third-order valence-electron chi connectivity index (χ3n) is 3.11. The molecule has 22 heavy (non-hydrogen) atoms. The van der Waals surface area contributed by atoms with Gasteiger partial charge in [-0.05, 0) is 29.8 Å². The first-order chi connectivity index (χ1) is 10.3. The van der Waals surface area contributed by atoms with Gasteiger partial charge < -0.3 is 0 Å². The summed E-state index contributed by atoms with van der Waals surface area (Å²) in [5.74, 6) is -2.50. The summed E-state index contributed by atoms with van der Waals surface area (Å²) < 4.78 is 65.7. The van der Waals surface area contributed by atoms with Gasteiger partial charge in [-0.2, -0.15) is 4.31 Å². The molecule has 7 heteroatoms. The van der Waals surface area contributed by atoms with E-state index in [4.69, 9.17) is 0 Å². The molecule has 0 saturated heterocycles. The predicted octanol–water partition coefficient (Wildman–Crippen LogP) is 3.31. The van der Waals surface area contributed by atoms with E-state index in [-0.39, 0.29) is 13.1 Å². The van der Waals surface area contributed by atoms with Gasteiger partial charge in [0.25, 0.3) is 0 Å². The van der Waals surface area contributed by atoms with Crippen LogP contribution in [0.25, 0.3) is 0 Å². The first-order valence-corrected chi connectivity index (χ1v) is 7.98. The molecule has 3 nitrogen and oxygen atoms in total. The van der Waals surface area contributed by atoms with Gasteiger partial charge in [0.2, 0.25) is 10.0 Å². The number of hydrogen-bond acceptors (Lipinski definition) is 2. The Hall–Kier alpha value is -1.86. The van der Waals surface area contributed by atoms with Crippen LogP contribution in [0, 0.1) is 17.5 Å². The molecule has 0 aromatic heterocycles. The predicted molar refractivity (Wildman–Crippen MR) is 76.0 cm³/mol. The van der Waals surface area contributed by atoms with Gasteiger partial charge in [0.05, 0.1) is 0 Å². The maximum Gasteiger partial charge on any atom is 0.246 e. The summed E-state index contributed by atoms with van der Waals surface area (Å²) in [6, 6.07) is 7.77. The summed E-state index contributed by atoms with van der Waals surface area (Å²) >= 11 is 0. The van der Waals surface area contributed by atoms with Crippen LogP contribution in [0.1, 0.15) is 12.5 Å². The zero-order chi connectivity index (χ0) is 16.3. The van der Waals surface area contributed by atoms with E-state index >= 15 is 0 Å². The molecule has 0 radical (unpaired) electrons. The summed E-state index contributed by atoms with van der Waals surface area (Å²) in [5.41, 5.74) is 0.438. The second kappa shape index (κ2) is 6.50. The van der Waals surface area contributed by atoms with Gasteiger partial charge in [-0.1, -0.05) is 19.1 Å². The first kappa shape index (κ1) is 16.5. The summed E-state index contributed by atoms with van der Waals surface area (Å²) in [6.45, 7) is 1.54. The molecule has 118 valence electrons. The van der Waals surface area contributed by atoms with Crippen molar-refractivity contribution in [3.8, 4) is 0 Å². The Bertz CT molecular complexity index is 778. The molecule has 2 rings (SSSR count). The molecule has 0 aliphatic rings. The molecule has 0 bridgehead atoms. The number of nitrogens with zero attached hydrogens (tertiary/aromatic N) is 1. The van der Waals surface area contributed by atoms with E-state index in [1.54, 1.807) is 13.0 Å². The Balaban J connectivity index is 2.36. The number of hydrogen-bond donors (Lipinski definition) is 0. The van der Waals surface area contributed by atoms with Crippen molar-refractivity contribution in [2.45, 2.75) is 18.4 Å². The van der Waals surface area contributed by atoms with Gasteiger partial charge >= 0.3 is 0 Å². The van der Waals surface area contributed by atoms with Crippen molar-refractivity contribution in [3.63, 3.8) is 0 Å². The molecule has 0 fully saturated rings. The quantitative estimate of drug-likeness (QED) is 0.844. The lowest BCUT2D eigenvalue weighted by molar-refractivity contribution is 0.417. The van der Waals surface area contributed by atoms with Crippen molar-refractivity contribution >= 4 is 10.0 Å². The fourth-order valence-electron chi connectivity index (χ4n) is 2.03. The van der Waals surface area contributed by atoms with E-state index < -0.39 is 32.4 Å². The maximum atomic E-state index is 13.7. The molecule has 0 unspecified atom stereocenters. The highest BCUT2D eigenvalue weighted by atomic mass is 32.2. The van der Waals surface area contributed by atoms with E-state index in [2.05, 4.69) is 0 Å². The fourth-order valence-corrected chi connectivity index (χ4v) is 3.51. The number of rotatable bonds is 5. The first-order valence-electron chi connectivity index (χ1n) is 6.54. The van der Waals surface area contributed by atoms with Crippen LogP contribution in [0.3, 0.4) is 0 Å². The Labute approximate surface area is 127 Å². The highest BCUT2D eigenvalue weighted by Crippen LogP contribution is 2.22. The van der Waals surface area contributed by atoms with Crippen molar-refractivity contribution in [2.75, 3.05) is 6.54 Å². The van der Waals surface area contributed by atoms with Crippen molar-refractivity contribution in [1.82, 2.24) is 4.31 Å². The minimum atomic E-state index is -4.14. The zero-order valence-corrected chi connectivity index (χ0v) is 12.6. The van der Waals surface area contributed by atoms with E-state index in [0.29, 0.717) is 11.6 Å². The molecule has 0 amide bonds. The van der Waals surface area contributed by atoms with Gasteiger partial charge in [-0.15, -0.1) is 0 Å². The van der Waals surface area contributed by atoms with Crippen molar-refractivity contribution < 1.29 is 21.6 Å². The van der Waals surface area contributed by atoms with Gasteiger partial charge in [0, 0.05) is 19.2 Å². The lowest BCUT2D eigenvalue weighted by Gasteiger charge is -2.21. The standard InChI is InChI=1S/C15H14F3NO2S/c1-2-19(10-11-4-3-5-12(16)8-11)22(20,21)15-7-6-13(17)9-14(15)18/h3-9H,2,10H2,1H3. The second-order valence-corrected chi connectivity index (χ2v) is 6.54. The number of halogens is 3. The van der Waals surface area contributed by atoms with Crippen LogP contribution < -0.4 is 0 Å². The zero-order valence-electron chi connectivity index (χ0n) is 11.8. The van der Waals surface area contributed by atoms with E-state index in [1.165, 1.54) is 18.2 Å². The van der Waals surface area contributed by atoms with Gasteiger partial charge in [0.15, 0.2) is 0 Å². The topological polar surface area (TPSA) is 37.4 Å². The highest BCUT2D eigenvalue weighted by Gasteiger charge is 2.26. The van der Waals surface area contributed by atoms with Crippen molar-refractivity contribution in [3.05, 3.63) is 65.5 Å². The smallest absolute Gasteiger partial charge is 0.207 e. The SMILES string of the molecule is CCN(Cc1cccc(F)c1)S(=O)(=O)c1ccc(F)cc1F. The van der Waals surface area contributed by atoms with Gasteiger partial charge in [-0.25, -0.2) is 21.6 Å². The van der Waals surface area contributed by atoms with Crippen LogP contribution in [0.4, 0.5) is 13.2 Å². The number of sulfonamides is 1. The minimum absolute atomic E-state index is 0.0651. The molecule has 0 N–H and O–H groups in total. The van der Waals surface area contributed by atoms with Crippen LogP contribution in [-0.2, 0) is 16.6 Å². The van der Waals surface area contributed by atoms with Crippen LogP contribution in [0.15, 0.2) is 47.4 Å². The summed E-state index contributed by atoms with van der Waals surface area (Å²) in [5, 5.41) is 0. The molecular weight excluding hydrogens is 315 g/mol. The highest BCUT2D eigenvalue weighted by molar-refractivity contribution is 7.89. The minimum Gasteiger partial charge on any atom is -0.207 e. The maximum absolute atomic E-state index is 13.7. The lowest BCUT2D eigenvalue weighted by Crippen LogP contribution is -2.31. The molecular formula is C15H14F3NO2S. The fraction of sp³-hybridized carbons (Fsp3) is 0.200. The second-order valence-electron chi connectivity index (χ2n) is 4.64. The van der Waals surface area contributed by atoms with E-state index in [1.807, 2.05) is 0 Å². The molecule has 0 spiro atoms. The molecule has 2 aromatic rings.